The average Bonchev–Trinajstić information content (AvgIpc) is 3.26. The van der Waals surface area contributed by atoms with E-state index in [9.17, 15) is 8.42 Å². The van der Waals surface area contributed by atoms with Crippen LogP contribution in [0, 0.1) is 0 Å². The second-order valence-corrected chi connectivity index (χ2v) is 8.92. The molecule has 0 amide bonds. The van der Waals surface area contributed by atoms with Crippen molar-refractivity contribution in [2.75, 3.05) is 38.0 Å². The SMILES string of the molecule is CCN(CC)C(CNc1ccc(S(=O)(=O)N2CCCCC2)cn1)c1ccco1. The van der Waals surface area contributed by atoms with Crippen LogP contribution in [0.1, 0.15) is 44.9 Å². The lowest BCUT2D eigenvalue weighted by molar-refractivity contribution is 0.202. The molecule has 28 heavy (non-hydrogen) atoms. The minimum absolute atomic E-state index is 0.0866. The zero-order valence-electron chi connectivity index (χ0n) is 16.7. The predicted octanol–water partition coefficient (Wildman–Crippen LogP) is 3.34. The molecule has 2 aromatic rings. The maximum Gasteiger partial charge on any atom is 0.244 e. The molecule has 1 saturated heterocycles. The molecule has 0 radical (unpaired) electrons. The van der Waals surface area contributed by atoms with Crippen LogP contribution in [-0.4, -0.2) is 55.3 Å². The Morgan fingerprint density at radius 3 is 2.50 bits per heavy atom. The van der Waals surface area contributed by atoms with Gasteiger partial charge < -0.3 is 9.73 Å². The number of rotatable bonds is 9. The van der Waals surface area contributed by atoms with Crippen LogP contribution in [0.15, 0.2) is 46.0 Å². The van der Waals surface area contributed by atoms with Gasteiger partial charge in [0.2, 0.25) is 10.0 Å². The summed E-state index contributed by atoms with van der Waals surface area (Å²) in [4.78, 5) is 6.90. The summed E-state index contributed by atoms with van der Waals surface area (Å²) in [5.74, 6) is 1.56. The van der Waals surface area contributed by atoms with E-state index in [1.165, 1.54) is 6.20 Å². The number of likely N-dealkylation sites (N-methyl/N-ethyl adjacent to an activating group) is 1. The molecule has 0 saturated carbocycles. The van der Waals surface area contributed by atoms with Gasteiger partial charge in [-0.25, -0.2) is 13.4 Å². The highest BCUT2D eigenvalue weighted by Crippen LogP contribution is 2.23. The molecule has 1 unspecified atom stereocenters. The van der Waals surface area contributed by atoms with Crippen molar-refractivity contribution >= 4 is 15.8 Å². The van der Waals surface area contributed by atoms with Gasteiger partial charge in [0.25, 0.3) is 0 Å². The lowest BCUT2D eigenvalue weighted by Gasteiger charge is -2.28. The molecule has 3 rings (SSSR count). The molecule has 1 aliphatic heterocycles. The molecule has 8 heteroatoms. The van der Waals surface area contributed by atoms with E-state index in [0.717, 1.165) is 38.1 Å². The molecular weight excluding hydrogens is 376 g/mol. The fourth-order valence-corrected chi connectivity index (χ4v) is 5.11. The topological polar surface area (TPSA) is 78.7 Å². The van der Waals surface area contributed by atoms with Crippen LogP contribution in [0.4, 0.5) is 5.82 Å². The van der Waals surface area contributed by atoms with E-state index in [4.69, 9.17) is 4.42 Å². The molecule has 3 heterocycles. The van der Waals surface area contributed by atoms with Gasteiger partial charge >= 0.3 is 0 Å². The Bertz CT molecular complexity index is 812. The number of furan rings is 1. The lowest BCUT2D eigenvalue weighted by atomic mass is 10.2. The van der Waals surface area contributed by atoms with Gasteiger partial charge in [-0.05, 0) is 50.2 Å². The zero-order valence-corrected chi connectivity index (χ0v) is 17.5. The number of aromatic nitrogens is 1. The van der Waals surface area contributed by atoms with Gasteiger partial charge in [-0.1, -0.05) is 20.3 Å². The maximum absolute atomic E-state index is 12.7. The van der Waals surface area contributed by atoms with E-state index in [1.54, 1.807) is 22.7 Å². The van der Waals surface area contributed by atoms with Crippen molar-refractivity contribution < 1.29 is 12.8 Å². The first kappa shape index (κ1) is 20.8. The van der Waals surface area contributed by atoms with Gasteiger partial charge in [-0.2, -0.15) is 4.31 Å². The first-order valence-corrected chi connectivity index (χ1v) is 11.5. The Labute approximate surface area is 167 Å². The summed E-state index contributed by atoms with van der Waals surface area (Å²) in [7, 11) is -3.45. The van der Waals surface area contributed by atoms with Crippen molar-refractivity contribution in [3.63, 3.8) is 0 Å². The van der Waals surface area contributed by atoms with Crippen LogP contribution in [0.5, 0.6) is 0 Å². The minimum Gasteiger partial charge on any atom is -0.468 e. The summed E-state index contributed by atoms with van der Waals surface area (Å²) in [5.41, 5.74) is 0. The third kappa shape index (κ3) is 4.74. The first-order valence-electron chi connectivity index (χ1n) is 10.0. The molecule has 0 aliphatic carbocycles. The van der Waals surface area contributed by atoms with E-state index in [2.05, 4.69) is 29.0 Å². The summed E-state index contributed by atoms with van der Waals surface area (Å²) in [6, 6.07) is 7.33. The van der Waals surface area contributed by atoms with Crippen LogP contribution < -0.4 is 5.32 Å². The van der Waals surface area contributed by atoms with Gasteiger partial charge in [-0.15, -0.1) is 0 Å². The van der Waals surface area contributed by atoms with E-state index < -0.39 is 10.0 Å². The first-order chi connectivity index (χ1) is 13.6. The minimum atomic E-state index is -3.45. The third-order valence-electron chi connectivity index (χ3n) is 5.29. The van der Waals surface area contributed by atoms with Crippen molar-refractivity contribution in [2.45, 2.75) is 44.0 Å². The highest BCUT2D eigenvalue weighted by Gasteiger charge is 2.26. The summed E-state index contributed by atoms with van der Waals surface area (Å²) in [5, 5.41) is 3.32. The summed E-state index contributed by atoms with van der Waals surface area (Å²) < 4.78 is 32.6. The Hall–Kier alpha value is -1.90. The Morgan fingerprint density at radius 2 is 1.93 bits per heavy atom. The van der Waals surface area contributed by atoms with Gasteiger partial charge in [0.05, 0.1) is 12.3 Å². The van der Waals surface area contributed by atoms with E-state index in [0.29, 0.717) is 25.5 Å². The number of pyridine rings is 1. The molecule has 0 bridgehead atoms. The summed E-state index contributed by atoms with van der Waals surface area (Å²) >= 11 is 0. The molecule has 1 atom stereocenters. The summed E-state index contributed by atoms with van der Waals surface area (Å²) in [6.07, 6.45) is 6.07. The highest BCUT2D eigenvalue weighted by molar-refractivity contribution is 7.89. The molecule has 154 valence electrons. The zero-order chi connectivity index (χ0) is 20.0. The van der Waals surface area contributed by atoms with E-state index >= 15 is 0 Å². The number of nitrogens with one attached hydrogen (secondary N) is 1. The van der Waals surface area contributed by atoms with Crippen molar-refractivity contribution in [2.24, 2.45) is 0 Å². The van der Waals surface area contributed by atoms with Gasteiger partial charge in [0, 0.05) is 25.8 Å². The Morgan fingerprint density at radius 1 is 1.18 bits per heavy atom. The van der Waals surface area contributed by atoms with Crippen molar-refractivity contribution in [1.29, 1.82) is 0 Å². The Balaban J connectivity index is 1.68. The number of sulfonamides is 1. The van der Waals surface area contributed by atoms with Gasteiger partial charge in [0.15, 0.2) is 0 Å². The standard InChI is InChI=1S/C20H30N4O3S/c1-3-23(4-2)18(19-9-8-14-27-19)16-22-20-11-10-17(15-21-20)28(25,26)24-12-6-5-7-13-24/h8-11,14-15,18H,3-7,12-13,16H2,1-2H3,(H,21,22). The predicted molar refractivity (Wildman–Crippen MR) is 110 cm³/mol. The van der Waals surface area contributed by atoms with Crippen LogP contribution >= 0.6 is 0 Å². The fraction of sp³-hybridized carbons (Fsp3) is 0.550. The normalized spacial score (nSPS) is 17.0. The third-order valence-corrected chi connectivity index (χ3v) is 7.17. The smallest absolute Gasteiger partial charge is 0.244 e. The number of nitrogens with zero attached hydrogens (tertiary/aromatic N) is 3. The molecule has 7 nitrogen and oxygen atoms in total. The van der Waals surface area contributed by atoms with Crippen LogP contribution in [0.25, 0.3) is 0 Å². The molecule has 1 N–H and O–H groups in total. The van der Waals surface area contributed by atoms with Gasteiger partial charge in [0.1, 0.15) is 16.5 Å². The molecule has 1 aliphatic rings. The number of anilines is 1. The second kappa shape index (κ2) is 9.54. The lowest BCUT2D eigenvalue weighted by Crippen LogP contribution is -2.35. The molecule has 0 aromatic carbocycles. The molecule has 1 fully saturated rings. The fourth-order valence-electron chi connectivity index (χ4n) is 3.65. The molecule has 0 spiro atoms. The van der Waals surface area contributed by atoms with Crippen molar-refractivity contribution in [3.05, 3.63) is 42.5 Å². The Kier molecular flexibility index (Phi) is 7.09. The number of hydrogen-bond donors (Lipinski definition) is 1. The van der Waals surface area contributed by atoms with Crippen LogP contribution in [-0.2, 0) is 10.0 Å². The van der Waals surface area contributed by atoms with E-state index in [-0.39, 0.29) is 10.9 Å². The van der Waals surface area contributed by atoms with Crippen molar-refractivity contribution in [1.82, 2.24) is 14.2 Å². The van der Waals surface area contributed by atoms with Crippen molar-refractivity contribution in [3.8, 4) is 0 Å². The van der Waals surface area contributed by atoms with E-state index in [1.807, 2.05) is 12.1 Å². The largest absolute Gasteiger partial charge is 0.468 e. The number of piperidine rings is 1. The average molecular weight is 407 g/mol. The van der Waals surface area contributed by atoms with Crippen LogP contribution in [0.2, 0.25) is 0 Å². The van der Waals surface area contributed by atoms with Crippen LogP contribution in [0.3, 0.4) is 0 Å². The molecule has 2 aromatic heterocycles. The number of hydrogen-bond acceptors (Lipinski definition) is 6. The quantitative estimate of drug-likeness (QED) is 0.688. The molecular formula is C20H30N4O3S. The monoisotopic (exact) mass is 406 g/mol. The van der Waals surface area contributed by atoms with Gasteiger partial charge in [-0.3, -0.25) is 4.90 Å². The summed E-state index contributed by atoms with van der Waals surface area (Å²) in [6.45, 7) is 7.87. The maximum atomic E-state index is 12.7. The second-order valence-electron chi connectivity index (χ2n) is 6.98. The highest BCUT2D eigenvalue weighted by atomic mass is 32.2.